The molecule has 0 fully saturated rings. The smallest absolute Gasteiger partial charge is 0.271 e. The van der Waals surface area contributed by atoms with Crippen LogP contribution in [0.2, 0.25) is 0 Å². The molecule has 0 spiro atoms. The molecule has 0 unspecified atom stereocenters. The second-order valence-corrected chi connectivity index (χ2v) is 5.02. The molecule has 0 saturated carbocycles. The number of nitrogens with two attached hydrogens (primary N) is 1. The monoisotopic (exact) mass is 290 g/mol. The van der Waals surface area contributed by atoms with Crippen LogP contribution < -0.4 is 16.4 Å². The van der Waals surface area contributed by atoms with Crippen molar-refractivity contribution in [1.82, 2.24) is 10.3 Å². The van der Waals surface area contributed by atoms with Crippen LogP contribution in [0.25, 0.3) is 0 Å². The van der Waals surface area contributed by atoms with E-state index in [9.17, 15) is 9.59 Å². The van der Waals surface area contributed by atoms with Gasteiger partial charge < -0.3 is 16.4 Å². The van der Waals surface area contributed by atoms with Crippen molar-refractivity contribution in [3.63, 3.8) is 0 Å². The summed E-state index contributed by atoms with van der Waals surface area (Å²) in [6, 6.07) is 7.23. The number of anilines is 2. The lowest BCUT2D eigenvalue weighted by molar-refractivity contribution is -0.114. The SMILES string of the molecule is CC(=O)Nc1ccc(CNC(=O)c2csc(N)n2)cc1. The van der Waals surface area contributed by atoms with Crippen LogP contribution in [-0.4, -0.2) is 16.8 Å². The molecule has 1 heterocycles. The minimum absolute atomic E-state index is 0.118. The van der Waals surface area contributed by atoms with E-state index in [1.807, 2.05) is 12.1 Å². The minimum atomic E-state index is -0.260. The van der Waals surface area contributed by atoms with Gasteiger partial charge in [-0.25, -0.2) is 4.98 Å². The highest BCUT2D eigenvalue weighted by molar-refractivity contribution is 7.13. The van der Waals surface area contributed by atoms with E-state index < -0.39 is 0 Å². The summed E-state index contributed by atoms with van der Waals surface area (Å²) in [5.74, 6) is -0.379. The van der Waals surface area contributed by atoms with Gasteiger partial charge in [0.2, 0.25) is 5.91 Å². The maximum Gasteiger partial charge on any atom is 0.271 e. The first-order chi connectivity index (χ1) is 9.54. The molecule has 20 heavy (non-hydrogen) atoms. The van der Waals surface area contributed by atoms with Crippen molar-refractivity contribution in [2.45, 2.75) is 13.5 Å². The first-order valence-electron chi connectivity index (χ1n) is 5.90. The number of nitrogens with zero attached hydrogens (tertiary/aromatic N) is 1. The van der Waals surface area contributed by atoms with Crippen molar-refractivity contribution in [1.29, 1.82) is 0 Å². The fourth-order valence-corrected chi connectivity index (χ4v) is 2.12. The zero-order valence-electron chi connectivity index (χ0n) is 10.8. The van der Waals surface area contributed by atoms with Gasteiger partial charge in [-0.2, -0.15) is 0 Å². The van der Waals surface area contributed by atoms with Crippen LogP contribution in [0.15, 0.2) is 29.6 Å². The summed E-state index contributed by atoms with van der Waals surface area (Å²) < 4.78 is 0. The number of nitrogen functional groups attached to an aromatic ring is 1. The summed E-state index contributed by atoms with van der Waals surface area (Å²) in [4.78, 5) is 26.6. The molecule has 2 aromatic rings. The van der Waals surface area contributed by atoms with E-state index in [0.717, 1.165) is 11.3 Å². The topological polar surface area (TPSA) is 97.1 Å². The fourth-order valence-electron chi connectivity index (χ4n) is 1.57. The highest BCUT2D eigenvalue weighted by atomic mass is 32.1. The average molecular weight is 290 g/mol. The minimum Gasteiger partial charge on any atom is -0.375 e. The Morgan fingerprint density at radius 3 is 2.55 bits per heavy atom. The zero-order valence-corrected chi connectivity index (χ0v) is 11.7. The Labute approximate surface area is 120 Å². The molecule has 0 saturated heterocycles. The molecule has 7 heteroatoms. The van der Waals surface area contributed by atoms with Gasteiger partial charge in [0.15, 0.2) is 5.13 Å². The van der Waals surface area contributed by atoms with Crippen LogP contribution in [-0.2, 0) is 11.3 Å². The molecule has 4 N–H and O–H groups in total. The Hall–Kier alpha value is -2.41. The maximum atomic E-state index is 11.8. The van der Waals surface area contributed by atoms with Gasteiger partial charge in [-0.1, -0.05) is 12.1 Å². The number of thiazole rings is 1. The van der Waals surface area contributed by atoms with Crippen molar-refractivity contribution in [2.24, 2.45) is 0 Å². The number of aromatic nitrogens is 1. The quantitative estimate of drug-likeness (QED) is 0.797. The van der Waals surface area contributed by atoms with Crippen LogP contribution in [0.1, 0.15) is 23.0 Å². The third-order valence-electron chi connectivity index (χ3n) is 2.48. The Morgan fingerprint density at radius 2 is 2.00 bits per heavy atom. The lowest BCUT2D eigenvalue weighted by Crippen LogP contribution is -2.23. The summed E-state index contributed by atoms with van der Waals surface area (Å²) in [5, 5.41) is 7.41. The van der Waals surface area contributed by atoms with Crippen molar-refractivity contribution < 1.29 is 9.59 Å². The van der Waals surface area contributed by atoms with Crippen LogP contribution in [0, 0.1) is 0 Å². The van der Waals surface area contributed by atoms with Gasteiger partial charge in [-0.05, 0) is 17.7 Å². The molecule has 104 valence electrons. The molecule has 0 aliphatic carbocycles. The number of carbonyl (C=O) groups is 2. The summed E-state index contributed by atoms with van der Waals surface area (Å²) in [5.41, 5.74) is 7.44. The number of carbonyl (C=O) groups excluding carboxylic acids is 2. The molecular weight excluding hydrogens is 276 g/mol. The Balaban J connectivity index is 1.90. The van der Waals surface area contributed by atoms with Gasteiger partial charge in [-0.15, -0.1) is 11.3 Å². The van der Waals surface area contributed by atoms with Crippen molar-refractivity contribution in [3.8, 4) is 0 Å². The third-order valence-corrected chi connectivity index (χ3v) is 3.16. The molecule has 1 aromatic carbocycles. The summed E-state index contributed by atoms with van der Waals surface area (Å²) in [6.45, 7) is 1.84. The lowest BCUT2D eigenvalue weighted by atomic mass is 10.2. The molecule has 2 amide bonds. The molecule has 1 aromatic heterocycles. The van der Waals surface area contributed by atoms with Crippen LogP contribution in [0.5, 0.6) is 0 Å². The van der Waals surface area contributed by atoms with E-state index in [0.29, 0.717) is 17.4 Å². The molecule has 0 aliphatic heterocycles. The number of hydrogen-bond acceptors (Lipinski definition) is 5. The van der Waals surface area contributed by atoms with Crippen molar-refractivity contribution >= 4 is 34.0 Å². The van der Waals surface area contributed by atoms with Crippen molar-refractivity contribution in [3.05, 3.63) is 40.9 Å². The van der Waals surface area contributed by atoms with Crippen LogP contribution in [0.4, 0.5) is 10.8 Å². The second kappa shape index (κ2) is 6.16. The first kappa shape index (κ1) is 14.0. The Bertz CT molecular complexity index is 622. The van der Waals surface area contributed by atoms with Crippen LogP contribution in [0.3, 0.4) is 0 Å². The van der Waals surface area contributed by atoms with Gasteiger partial charge in [0.1, 0.15) is 5.69 Å². The van der Waals surface area contributed by atoms with E-state index in [4.69, 9.17) is 5.73 Å². The number of nitrogens with one attached hydrogen (secondary N) is 2. The maximum absolute atomic E-state index is 11.8. The first-order valence-corrected chi connectivity index (χ1v) is 6.78. The van der Waals surface area contributed by atoms with Gasteiger partial charge in [-0.3, -0.25) is 9.59 Å². The third kappa shape index (κ3) is 3.79. The average Bonchev–Trinajstić information content (AvgIpc) is 2.84. The largest absolute Gasteiger partial charge is 0.375 e. The Kier molecular flexibility index (Phi) is 4.31. The molecule has 2 rings (SSSR count). The lowest BCUT2D eigenvalue weighted by Gasteiger charge is -2.05. The summed E-state index contributed by atoms with van der Waals surface area (Å²) >= 11 is 1.23. The van der Waals surface area contributed by atoms with Gasteiger partial charge >= 0.3 is 0 Å². The molecule has 6 nitrogen and oxygen atoms in total. The predicted molar refractivity (Wildman–Crippen MR) is 78.4 cm³/mol. The molecular formula is C13H14N4O2S. The van der Waals surface area contributed by atoms with Gasteiger partial charge in [0.05, 0.1) is 0 Å². The van der Waals surface area contributed by atoms with E-state index in [2.05, 4.69) is 15.6 Å². The fraction of sp³-hybridized carbons (Fsp3) is 0.154. The normalized spacial score (nSPS) is 10.1. The number of amides is 2. The molecule has 0 bridgehead atoms. The van der Waals surface area contributed by atoms with Crippen LogP contribution >= 0.6 is 11.3 Å². The highest BCUT2D eigenvalue weighted by Gasteiger charge is 2.08. The van der Waals surface area contributed by atoms with E-state index in [1.165, 1.54) is 18.3 Å². The number of hydrogen-bond donors (Lipinski definition) is 3. The van der Waals surface area contributed by atoms with E-state index in [1.54, 1.807) is 17.5 Å². The van der Waals surface area contributed by atoms with Crippen molar-refractivity contribution in [2.75, 3.05) is 11.1 Å². The molecule has 0 aliphatic rings. The predicted octanol–water partition coefficient (Wildman–Crippen LogP) is 1.61. The standard InChI is InChI=1S/C13H14N4O2S/c1-8(18)16-10-4-2-9(3-5-10)6-15-12(19)11-7-20-13(14)17-11/h2-5,7H,6H2,1H3,(H2,14,17)(H,15,19)(H,16,18). The van der Waals surface area contributed by atoms with E-state index >= 15 is 0 Å². The summed E-state index contributed by atoms with van der Waals surface area (Å²) in [6.07, 6.45) is 0. The zero-order chi connectivity index (χ0) is 14.5. The van der Waals surface area contributed by atoms with Gasteiger partial charge in [0, 0.05) is 24.5 Å². The highest BCUT2D eigenvalue weighted by Crippen LogP contribution is 2.12. The molecule has 0 radical (unpaired) electrons. The summed E-state index contributed by atoms with van der Waals surface area (Å²) in [7, 11) is 0. The number of rotatable bonds is 4. The molecule has 0 atom stereocenters. The van der Waals surface area contributed by atoms with E-state index in [-0.39, 0.29) is 11.8 Å². The second-order valence-electron chi connectivity index (χ2n) is 4.13. The van der Waals surface area contributed by atoms with Gasteiger partial charge in [0.25, 0.3) is 5.91 Å². The Morgan fingerprint density at radius 1 is 1.30 bits per heavy atom. The number of benzene rings is 1.